The van der Waals surface area contributed by atoms with Crippen molar-refractivity contribution >= 4 is 17.7 Å². The fraction of sp³-hybridized carbons (Fsp3) is 0.500. The second-order valence-corrected chi connectivity index (χ2v) is 8.21. The van der Waals surface area contributed by atoms with E-state index in [1.165, 1.54) is 22.9 Å². The van der Waals surface area contributed by atoms with E-state index in [2.05, 4.69) is 33.7 Å². The van der Waals surface area contributed by atoms with Crippen LogP contribution in [0.4, 0.5) is 0 Å². The quantitative estimate of drug-likeness (QED) is 0.634. The number of rotatable bonds is 5. The molecule has 3 N–H and O–H groups in total. The number of benzene rings is 1. The molecule has 2 aliphatic carbocycles. The minimum absolute atomic E-state index is 0.0164. The van der Waals surface area contributed by atoms with Crippen LogP contribution < -0.4 is 11.2 Å². The maximum atomic E-state index is 12.7. The molecule has 0 bridgehead atoms. The summed E-state index contributed by atoms with van der Waals surface area (Å²) in [6.45, 7) is 1.89. The molecule has 0 saturated heterocycles. The highest BCUT2D eigenvalue weighted by atomic mass is 32.2. The zero-order valence-electron chi connectivity index (χ0n) is 14.3. The van der Waals surface area contributed by atoms with E-state index < -0.39 is 0 Å². The molecule has 1 heterocycles. The first-order valence-corrected chi connectivity index (χ1v) is 9.76. The summed E-state index contributed by atoms with van der Waals surface area (Å²) in [7, 11) is 0. The average Bonchev–Trinajstić information content (AvgIpc) is 3.40. The Labute approximate surface area is 151 Å². The molecule has 1 aromatic heterocycles. The van der Waals surface area contributed by atoms with Crippen molar-refractivity contribution in [2.75, 3.05) is 5.84 Å². The van der Waals surface area contributed by atoms with Crippen LogP contribution >= 0.6 is 11.8 Å². The standard InChI is InChI=1S/C18H23N5OS/c1-11(25-18-22-21-16(23(18)19)13-9-10-13)17(24)20-15-8-4-6-12-5-2-3-7-14(12)15/h2-3,5,7,11,13,15H,4,6,8-10,19H2,1H3,(H,20,24)/t11-,15+/m0/s1. The molecule has 0 radical (unpaired) electrons. The van der Waals surface area contributed by atoms with Crippen molar-refractivity contribution in [1.82, 2.24) is 20.2 Å². The summed E-state index contributed by atoms with van der Waals surface area (Å²) >= 11 is 1.37. The molecule has 1 aromatic carbocycles. The predicted molar refractivity (Wildman–Crippen MR) is 97.7 cm³/mol. The number of nitrogens with two attached hydrogens (primary N) is 1. The molecule has 0 spiro atoms. The lowest BCUT2D eigenvalue weighted by atomic mass is 9.88. The van der Waals surface area contributed by atoms with Crippen molar-refractivity contribution in [3.05, 3.63) is 41.2 Å². The van der Waals surface area contributed by atoms with Crippen LogP contribution in [0, 0.1) is 0 Å². The molecule has 0 unspecified atom stereocenters. The molecule has 4 rings (SSSR count). The SMILES string of the molecule is C[C@H](Sc1nnc(C2CC2)n1N)C(=O)N[C@@H]1CCCc2ccccc21. The fourth-order valence-corrected chi connectivity index (χ4v) is 4.18. The lowest BCUT2D eigenvalue weighted by molar-refractivity contribution is -0.121. The Kier molecular flexibility index (Phi) is 4.41. The minimum atomic E-state index is -0.271. The number of amides is 1. The number of aryl methyl sites for hydroxylation is 1. The van der Waals surface area contributed by atoms with E-state index in [4.69, 9.17) is 5.84 Å². The molecule has 1 saturated carbocycles. The largest absolute Gasteiger partial charge is 0.348 e. The van der Waals surface area contributed by atoms with Gasteiger partial charge in [0.15, 0.2) is 5.82 Å². The van der Waals surface area contributed by atoms with E-state index in [0.29, 0.717) is 11.1 Å². The number of hydrogen-bond acceptors (Lipinski definition) is 5. The van der Waals surface area contributed by atoms with Crippen molar-refractivity contribution in [1.29, 1.82) is 0 Å². The minimum Gasteiger partial charge on any atom is -0.348 e. The molecule has 2 aliphatic rings. The molecular formula is C18H23N5OS. The zero-order valence-corrected chi connectivity index (χ0v) is 15.1. The van der Waals surface area contributed by atoms with Gasteiger partial charge in [-0.3, -0.25) is 4.79 Å². The number of nitrogens with one attached hydrogen (secondary N) is 1. The number of aromatic nitrogens is 3. The second kappa shape index (κ2) is 6.71. The third-order valence-electron chi connectivity index (χ3n) is 4.97. The molecule has 7 heteroatoms. The summed E-state index contributed by atoms with van der Waals surface area (Å²) in [6, 6.07) is 8.47. The van der Waals surface area contributed by atoms with Gasteiger partial charge in [-0.1, -0.05) is 36.0 Å². The normalized spacial score (nSPS) is 20.8. The number of nitrogens with zero attached hydrogens (tertiary/aromatic N) is 3. The summed E-state index contributed by atoms with van der Waals surface area (Å²) < 4.78 is 1.54. The van der Waals surface area contributed by atoms with Gasteiger partial charge in [-0.2, -0.15) is 0 Å². The number of carbonyl (C=O) groups is 1. The van der Waals surface area contributed by atoms with E-state index in [1.807, 2.05) is 13.0 Å². The summed E-state index contributed by atoms with van der Waals surface area (Å²) in [5.74, 6) is 7.37. The lowest BCUT2D eigenvalue weighted by Crippen LogP contribution is -2.36. The first-order chi connectivity index (χ1) is 12.1. The van der Waals surface area contributed by atoms with Gasteiger partial charge in [0.25, 0.3) is 0 Å². The number of hydrogen-bond donors (Lipinski definition) is 2. The lowest BCUT2D eigenvalue weighted by Gasteiger charge is -2.27. The van der Waals surface area contributed by atoms with Gasteiger partial charge >= 0.3 is 0 Å². The fourth-order valence-electron chi connectivity index (χ4n) is 3.39. The van der Waals surface area contributed by atoms with Crippen molar-refractivity contribution in [3.8, 4) is 0 Å². The van der Waals surface area contributed by atoms with Crippen LogP contribution in [0.1, 0.15) is 61.5 Å². The van der Waals surface area contributed by atoms with Crippen molar-refractivity contribution in [2.24, 2.45) is 0 Å². The van der Waals surface area contributed by atoms with Crippen LogP contribution in [0.2, 0.25) is 0 Å². The molecule has 0 aliphatic heterocycles. The van der Waals surface area contributed by atoms with Crippen molar-refractivity contribution < 1.29 is 4.79 Å². The third kappa shape index (κ3) is 3.38. The Balaban J connectivity index is 1.41. The highest BCUT2D eigenvalue weighted by molar-refractivity contribution is 8.00. The smallest absolute Gasteiger partial charge is 0.233 e. The van der Waals surface area contributed by atoms with E-state index in [0.717, 1.165) is 37.9 Å². The maximum absolute atomic E-state index is 12.7. The number of nitrogen functional groups attached to an aromatic ring is 1. The van der Waals surface area contributed by atoms with E-state index in [9.17, 15) is 4.79 Å². The number of fused-ring (bicyclic) bond motifs is 1. The Morgan fingerprint density at radius 3 is 2.92 bits per heavy atom. The van der Waals surface area contributed by atoms with Gasteiger partial charge < -0.3 is 11.2 Å². The zero-order chi connectivity index (χ0) is 17.4. The first-order valence-electron chi connectivity index (χ1n) is 8.88. The summed E-state index contributed by atoms with van der Waals surface area (Å²) in [4.78, 5) is 12.7. The molecule has 2 aromatic rings. The Morgan fingerprint density at radius 1 is 1.32 bits per heavy atom. The maximum Gasteiger partial charge on any atom is 0.233 e. The molecule has 6 nitrogen and oxygen atoms in total. The molecule has 1 amide bonds. The van der Waals surface area contributed by atoms with Crippen LogP contribution in [-0.4, -0.2) is 26.0 Å². The van der Waals surface area contributed by atoms with Gasteiger partial charge in [0.2, 0.25) is 11.1 Å². The number of carbonyl (C=O) groups excluding carboxylic acids is 1. The van der Waals surface area contributed by atoms with E-state index in [-0.39, 0.29) is 17.2 Å². The van der Waals surface area contributed by atoms with Gasteiger partial charge in [0.1, 0.15) is 0 Å². The van der Waals surface area contributed by atoms with Crippen LogP contribution in [-0.2, 0) is 11.2 Å². The molecule has 25 heavy (non-hydrogen) atoms. The average molecular weight is 357 g/mol. The van der Waals surface area contributed by atoms with Crippen LogP contribution in [0.5, 0.6) is 0 Å². The van der Waals surface area contributed by atoms with Gasteiger partial charge in [-0.25, -0.2) is 4.68 Å². The first kappa shape index (κ1) is 16.4. The van der Waals surface area contributed by atoms with Crippen LogP contribution in [0.25, 0.3) is 0 Å². The van der Waals surface area contributed by atoms with Crippen LogP contribution in [0.15, 0.2) is 29.4 Å². The van der Waals surface area contributed by atoms with E-state index in [1.54, 1.807) is 4.68 Å². The molecule has 132 valence electrons. The predicted octanol–water partition coefficient (Wildman–Crippen LogP) is 2.54. The summed E-state index contributed by atoms with van der Waals surface area (Å²) in [5.41, 5.74) is 2.59. The van der Waals surface area contributed by atoms with Crippen LogP contribution in [0.3, 0.4) is 0 Å². The second-order valence-electron chi connectivity index (χ2n) is 6.90. The topological polar surface area (TPSA) is 85.8 Å². The summed E-state index contributed by atoms with van der Waals surface area (Å²) in [6.07, 6.45) is 5.42. The Hall–Kier alpha value is -2.02. The van der Waals surface area contributed by atoms with Gasteiger partial charge in [-0.05, 0) is 50.2 Å². The van der Waals surface area contributed by atoms with Gasteiger partial charge in [0, 0.05) is 5.92 Å². The van der Waals surface area contributed by atoms with Crippen molar-refractivity contribution in [2.45, 2.75) is 61.4 Å². The highest BCUT2D eigenvalue weighted by Gasteiger charge is 2.31. The molecule has 2 atom stereocenters. The van der Waals surface area contributed by atoms with Crippen molar-refractivity contribution in [3.63, 3.8) is 0 Å². The molecule has 1 fully saturated rings. The summed E-state index contributed by atoms with van der Waals surface area (Å²) in [5, 5.41) is 11.9. The Morgan fingerprint density at radius 2 is 2.12 bits per heavy atom. The number of thioether (sulfide) groups is 1. The third-order valence-corrected chi connectivity index (χ3v) is 6.03. The van der Waals surface area contributed by atoms with Gasteiger partial charge in [-0.15, -0.1) is 10.2 Å². The monoisotopic (exact) mass is 357 g/mol. The Bertz CT molecular complexity index is 786. The highest BCUT2D eigenvalue weighted by Crippen LogP contribution is 2.39. The molecular weight excluding hydrogens is 334 g/mol. The van der Waals surface area contributed by atoms with E-state index >= 15 is 0 Å². The van der Waals surface area contributed by atoms with Gasteiger partial charge in [0.05, 0.1) is 11.3 Å².